The number of nitrogens with one attached hydrogen (secondary N) is 1. The number of rotatable bonds is 6. The van der Waals surface area contributed by atoms with Crippen LogP contribution in [0.4, 0.5) is 10.1 Å². The molecule has 0 spiro atoms. The molecule has 3 rings (SSSR count). The van der Waals surface area contributed by atoms with E-state index in [9.17, 15) is 9.18 Å². The molecule has 0 unspecified atom stereocenters. The van der Waals surface area contributed by atoms with Crippen LogP contribution in [0.5, 0.6) is 5.75 Å². The lowest BCUT2D eigenvalue weighted by molar-refractivity contribution is 0.0956. The van der Waals surface area contributed by atoms with Crippen LogP contribution in [0.2, 0.25) is 0 Å². The van der Waals surface area contributed by atoms with Crippen molar-refractivity contribution >= 4 is 17.8 Å². The number of para-hydroxylation sites is 1. The molecule has 0 radical (unpaired) electrons. The Balaban J connectivity index is 1.60. The Labute approximate surface area is 156 Å². The van der Waals surface area contributed by atoms with Gasteiger partial charge in [0.15, 0.2) is 0 Å². The fourth-order valence-electron chi connectivity index (χ4n) is 2.39. The van der Waals surface area contributed by atoms with Crippen LogP contribution in [-0.2, 0) is 6.61 Å². The first-order valence-corrected chi connectivity index (χ1v) is 8.27. The van der Waals surface area contributed by atoms with Gasteiger partial charge in [0.2, 0.25) is 0 Å². The van der Waals surface area contributed by atoms with Crippen molar-refractivity contribution in [2.45, 2.75) is 6.61 Å². The number of halogens is 1. The number of nitrogens with zero attached hydrogens (tertiary/aromatic N) is 1. The number of nitrogens with two attached hydrogens (primary N) is 1. The Bertz CT molecular complexity index is 973. The van der Waals surface area contributed by atoms with Gasteiger partial charge in [0.05, 0.1) is 11.8 Å². The number of amides is 1. The molecule has 3 aromatic carbocycles. The van der Waals surface area contributed by atoms with E-state index in [4.69, 9.17) is 10.5 Å². The molecule has 1 amide bonds. The van der Waals surface area contributed by atoms with Crippen molar-refractivity contribution in [1.82, 2.24) is 5.43 Å². The monoisotopic (exact) mass is 363 g/mol. The fraction of sp³-hybridized carbons (Fsp3) is 0.0476. The number of benzene rings is 3. The van der Waals surface area contributed by atoms with Gasteiger partial charge in [0.25, 0.3) is 5.91 Å². The van der Waals surface area contributed by atoms with Gasteiger partial charge in [-0.05, 0) is 35.9 Å². The topological polar surface area (TPSA) is 76.7 Å². The summed E-state index contributed by atoms with van der Waals surface area (Å²) in [6.45, 7) is 0.122. The third-order valence-electron chi connectivity index (χ3n) is 3.80. The fourth-order valence-corrected chi connectivity index (χ4v) is 2.39. The smallest absolute Gasteiger partial charge is 0.273 e. The molecular weight excluding hydrogens is 345 g/mol. The molecule has 3 aromatic rings. The first-order chi connectivity index (χ1) is 13.1. The maximum atomic E-state index is 13.6. The molecule has 0 aromatic heterocycles. The predicted molar refractivity (Wildman–Crippen MR) is 103 cm³/mol. The number of ether oxygens (including phenoxy) is 1. The molecule has 0 saturated heterocycles. The van der Waals surface area contributed by atoms with Crippen LogP contribution in [0.15, 0.2) is 77.9 Å². The van der Waals surface area contributed by atoms with Gasteiger partial charge in [-0.2, -0.15) is 5.10 Å². The molecular formula is C21H18FN3O2. The molecule has 0 saturated carbocycles. The zero-order valence-corrected chi connectivity index (χ0v) is 14.4. The minimum absolute atomic E-state index is 0.122. The number of carbonyl (C=O) groups is 1. The molecule has 27 heavy (non-hydrogen) atoms. The summed E-state index contributed by atoms with van der Waals surface area (Å²) in [5, 5.41) is 3.94. The summed E-state index contributed by atoms with van der Waals surface area (Å²) in [5.41, 5.74) is 10.1. The highest BCUT2D eigenvalue weighted by molar-refractivity contribution is 5.99. The Hall–Kier alpha value is -3.67. The number of hydrazone groups is 1. The van der Waals surface area contributed by atoms with Gasteiger partial charge >= 0.3 is 0 Å². The second kappa shape index (κ2) is 8.62. The summed E-state index contributed by atoms with van der Waals surface area (Å²) in [4.78, 5) is 12.0. The zero-order chi connectivity index (χ0) is 19.1. The van der Waals surface area contributed by atoms with E-state index in [2.05, 4.69) is 10.5 Å². The van der Waals surface area contributed by atoms with Crippen molar-refractivity contribution in [3.63, 3.8) is 0 Å². The Kier molecular flexibility index (Phi) is 5.79. The van der Waals surface area contributed by atoms with Crippen molar-refractivity contribution in [1.29, 1.82) is 0 Å². The number of carbonyl (C=O) groups excluding carboxylic acids is 1. The van der Waals surface area contributed by atoms with E-state index in [0.29, 0.717) is 22.6 Å². The number of nitrogen functional groups attached to an aromatic ring is 1. The van der Waals surface area contributed by atoms with Crippen molar-refractivity contribution in [2.24, 2.45) is 5.10 Å². The van der Waals surface area contributed by atoms with E-state index in [1.807, 2.05) is 6.07 Å². The van der Waals surface area contributed by atoms with Crippen LogP contribution in [0.25, 0.3) is 0 Å². The molecule has 0 aliphatic carbocycles. The van der Waals surface area contributed by atoms with Gasteiger partial charge in [-0.3, -0.25) is 4.79 Å². The summed E-state index contributed by atoms with van der Waals surface area (Å²) in [7, 11) is 0. The van der Waals surface area contributed by atoms with Crippen LogP contribution in [-0.4, -0.2) is 12.1 Å². The summed E-state index contributed by atoms with van der Waals surface area (Å²) < 4.78 is 19.3. The quantitative estimate of drug-likeness (QED) is 0.398. The normalized spacial score (nSPS) is 10.7. The highest BCUT2D eigenvalue weighted by Crippen LogP contribution is 2.16. The third-order valence-corrected chi connectivity index (χ3v) is 3.80. The van der Waals surface area contributed by atoms with E-state index >= 15 is 0 Å². The first kappa shape index (κ1) is 18.1. The SMILES string of the molecule is Nc1ccccc1C(=O)N/N=C/c1cccc(OCc2ccccc2F)c1. The van der Waals surface area contributed by atoms with Gasteiger partial charge in [-0.25, -0.2) is 9.82 Å². The van der Waals surface area contributed by atoms with Gasteiger partial charge < -0.3 is 10.5 Å². The molecule has 136 valence electrons. The average molecular weight is 363 g/mol. The van der Waals surface area contributed by atoms with Crippen molar-refractivity contribution in [2.75, 3.05) is 5.73 Å². The van der Waals surface area contributed by atoms with Crippen LogP contribution < -0.4 is 15.9 Å². The van der Waals surface area contributed by atoms with Crippen LogP contribution in [0.3, 0.4) is 0 Å². The van der Waals surface area contributed by atoms with E-state index in [0.717, 1.165) is 5.56 Å². The molecule has 0 fully saturated rings. The summed E-state index contributed by atoms with van der Waals surface area (Å²) in [6, 6.07) is 20.3. The van der Waals surface area contributed by atoms with Gasteiger partial charge in [-0.15, -0.1) is 0 Å². The summed E-state index contributed by atoms with van der Waals surface area (Å²) in [6.07, 6.45) is 1.49. The average Bonchev–Trinajstić information content (AvgIpc) is 2.68. The van der Waals surface area contributed by atoms with Gasteiger partial charge in [-0.1, -0.05) is 42.5 Å². The molecule has 0 atom stereocenters. The van der Waals surface area contributed by atoms with E-state index in [1.165, 1.54) is 12.3 Å². The van der Waals surface area contributed by atoms with E-state index in [1.54, 1.807) is 60.7 Å². The molecule has 0 aliphatic heterocycles. The summed E-state index contributed by atoms with van der Waals surface area (Å²) >= 11 is 0. The lowest BCUT2D eigenvalue weighted by Gasteiger charge is -2.07. The van der Waals surface area contributed by atoms with Crippen molar-refractivity contribution in [3.05, 3.63) is 95.3 Å². The Morgan fingerprint density at radius 1 is 1.07 bits per heavy atom. The second-order valence-corrected chi connectivity index (χ2v) is 5.74. The lowest BCUT2D eigenvalue weighted by atomic mass is 10.2. The maximum absolute atomic E-state index is 13.6. The van der Waals surface area contributed by atoms with Crippen LogP contribution in [0.1, 0.15) is 21.5 Å². The largest absolute Gasteiger partial charge is 0.489 e. The molecule has 0 aliphatic rings. The van der Waals surface area contributed by atoms with Gasteiger partial charge in [0, 0.05) is 11.3 Å². The molecule has 0 heterocycles. The van der Waals surface area contributed by atoms with Gasteiger partial charge in [0.1, 0.15) is 18.2 Å². The van der Waals surface area contributed by atoms with Crippen molar-refractivity contribution in [3.8, 4) is 5.75 Å². The second-order valence-electron chi connectivity index (χ2n) is 5.74. The lowest BCUT2D eigenvalue weighted by Crippen LogP contribution is -2.18. The molecule has 5 nitrogen and oxygen atoms in total. The minimum atomic E-state index is -0.392. The maximum Gasteiger partial charge on any atom is 0.273 e. The predicted octanol–water partition coefficient (Wildman–Crippen LogP) is 3.75. The Morgan fingerprint density at radius 3 is 2.67 bits per heavy atom. The zero-order valence-electron chi connectivity index (χ0n) is 14.4. The molecule has 6 heteroatoms. The number of hydrogen-bond donors (Lipinski definition) is 2. The standard InChI is InChI=1S/C21H18FN3O2/c22-19-10-3-1-7-16(19)14-27-17-8-5-6-15(12-17)13-24-25-21(26)18-9-2-4-11-20(18)23/h1-13H,14,23H2,(H,25,26)/b24-13+. The first-order valence-electron chi connectivity index (χ1n) is 8.27. The summed E-state index contributed by atoms with van der Waals surface area (Å²) in [5.74, 6) is -0.129. The number of anilines is 1. The van der Waals surface area contributed by atoms with E-state index < -0.39 is 5.91 Å². The van der Waals surface area contributed by atoms with Crippen LogP contribution >= 0.6 is 0 Å². The minimum Gasteiger partial charge on any atom is -0.489 e. The molecule has 0 bridgehead atoms. The highest BCUT2D eigenvalue weighted by Gasteiger charge is 2.07. The van der Waals surface area contributed by atoms with Crippen LogP contribution in [0, 0.1) is 5.82 Å². The number of hydrogen-bond acceptors (Lipinski definition) is 4. The third kappa shape index (κ3) is 4.92. The highest BCUT2D eigenvalue weighted by atomic mass is 19.1. The van der Waals surface area contributed by atoms with Crippen molar-refractivity contribution < 1.29 is 13.9 Å². The van der Waals surface area contributed by atoms with E-state index in [-0.39, 0.29) is 12.4 Å². The Morgan fingerprint density at radius 2 is 1.85 bits per heavy atom. The molecule has 3 N–H and O–H groups in total.